The maximum Gasteiger partial charge on any atom is 0.116 e. The number of nitrogens with zero attached hydrogens (tertiary/aromatic N) is 2. The van der Waals surface area contributed by atoms with Gasteiger partial charge in [0.1, 0.15) is 5.75 Å². The van der Waals surface area contributed by atoms with Gasteiger partial charge in [0.05, 0.1) is 11.6 Å². The summed E-state index contributed by atoms with van der Waals surface area (Å²) in [5.41, 5.74) is 1.71. The molecule has 0 radical (unpaired) electrons. The Morgan fingerprint density at radius 1 is 1.10 bits per heavy atom. The van der Waals surface area contributed by atoms with Crippen LogP contribution in [0.2, 0.25) is 0 Å². The average Bonchev–Trinajstić information content (AvgIpc) is 2.77. The van der Waals surface area contributed by atoms with Crippen LogP contribution in [0.1, 0.15) is 83.3 Å². The van der Waals surface area contributed by atoms with Gasteiger partial charge in [-0.2, -0.15) is 0 Å². The molecule has 1 unspecified atom stereocenters. The number of fused-ring (bicyclic) bond motifs is 1. The normalized spacial score (nSPS) is 21.2. The number of piperidine rings is 1. The van der Waals surface area contributed by atoms with Gasteiger partial charge in [0.25, 0.3) is 0 Å². The van der Waals surface area contributed by atoms with Crippen LogP contribution < -0.4 is 0 Å². The van der Waals surface area contributed by atoms with Gasteiger partial charge in [-0.3, -0.25) is 4.98 Å². The number of aliphatic hydroxyl groups excluding tert-OH is 1. The van der Waals surface area contributed by atoms with E-state index in [2.05, 4.69) is 23.7 Å². The van der Waals surface area contributed by atoms with Crippen molar-refractivity contribution in [1.82, 2.24) is 9.88 Å². The predicted octanol–water partition coefficient (Wildman–Crippen LogP) is 6.07. The Balaban J connectivity index is 1.51. The number of phenolic OH excluding ortho intramolecular Hbond substituents is 1. The van der Waals surface area contributed by atoms with Crippen LogP contribution in [0, 0.1) is 11.8 Å². The van der Waals surface area contributed by atoms with E-state index in [1.54, 1.807) is 18.3 Å². The largest absolute Gasteiger partial charge is 0.508 e. The number of pyridine rings is 1. The number of hydrogen-bond acceptors (Lipinski definition) is 4. The molecule has 1 aliphatic heterocycles. The van der Waals surface area contributed by atoms with Crippen molar-refractivity contribution in [2.24, 2.45) is 11.8 Å². The maximum absolute atomic E-state index is 10.9. The van der Waals surface area contributed by atoms with E-state index in [0.717, 1.165) is 35.2 Å². The molecule has 0 saturated carbocycles. The zero-order valence-electron chi connectivity index (χ0n) is 18.9. The molecule has 0 spiro atoms. The molecule has 4 heteroatoms. The summed E-state index contributed by atoms with van der Waals surface area (Å²) in [5, 5.41) is 21.6. The highest BCUT2D eigenvalue weighted by Gasteiger charge is 2.28. The van der Waals surface area contributed by atoms with Gasteiger partial charge >= 0.3 is 0 Å². The van der Waals surface area contributed by atoms with Crippen molar-refractivity contribution in [3.8, 4) is 5.75 Å². The lowest BCUT2D eigenvalue weighted by molar-refractivity contribution is 0.0903. The average molecular weight is 413 g/mol. The Morgan fingerprint density at radius 3 is 2.73 bits per heavy atom. The van der Waals surface area contributed by atoms with Gasteiger partial charge in [-0.05, 0) is 80.4 Å². The molecule has 2 heterocycles. The van der Waals surface area contributed by atoms with Crippen LogP contribution in [0.15, 0.2) is 30.5 Å². The number of phenols is 1. The number of hydrogen-bond donors (Lipinski definition) is 2. The van der Waals surface area contributed by atoms with E-state index in [0.29, 0.717) is 5.92 Å². The van der Waals surface area contributed by atoms with Gasteiger partial charge in [-0.25, -0.2) is 0 Å². The molecule has 0 bridgehead atoms. The molecule has 30 heavy (non-hydrogen) atoms. The zero-order valence-corrected chi connectivity index (χ0v) is 18.9. The summed E-state index contributed by atoms with van der Waals surface area (Å²) in [7, 11) is 0. The Bertz CT molecular complexity index is 779. The van der Waals surface area contributed by atoms with Crippen LogP contribution in [-0.4, -0.2) is 39.7 Å². The molecule has 1 saturated heterocycles. The first-order valence-corrected chi connectivity index (χ1v) is 12.1. The second kappa shape index (κ2) is 11.7. The number of aliphatic hydroxyl groups is 1. The van der Waals surface area contributed by atoms with Gasteiger partial charge < -0.3 is 15.1 Å². The molecule has 3 atom stereocenters. The van der Waals surface area contributed by atoms with Crippen molar-refractivity contribution in [2.45, 2.75) is 77.7 Å². The van der Waals surface area contributed by atoms with E-state index in [1.807, 2.05) is 12.1 Å². The molecular formula is C26H40N2O2. The fourth-order valence-electron chi connectivity index (χ4n) is 5.11. The van der Waals surface area contributed by atoms with Crippen LogP contribution >= 0.6 is 0 Å². The van der Waals surface area contributed by atoms with E-state index in [4.69, 9.17) is 0 Å². The topological polar surface area (TPSA) is 56.6 Å². The summed E-state index contributed by atoms with van der Waals surface area (Å²) in [6, 6.07) is 7.07. The summed E-state index contributed by atoms with van der Waals surface area (Å²) < 4.78 is 0. The van der Waals surface area contributed by atoms with Gasteiger partial charge in [-0.15, -0.1) is 0 Å². The summed E-state index contributed by atoms with van der Waals surface area (Å²) in [5.74, 6) is 1.65. The number of likely N-dealkylation sites (tertiary alicyclic amines) is 1. The van der Waals surface area contributed by atoms with E-state index in [9.17, 15) is 10.2 Å². The highest BCUT2D eigenvalue weighted by atomic mass is 16.3. The Kier molecular flexibility index (Phi) is 8.95. The molecule has 1 aliphatic rings. The smallest absolute Gasteiger partial charge is 0.116 e. The van der Waals surface area contributed by atoms with Crippen LogP contribution in [-0.2, 0) is 0 Å². The van der Waals surface area contributed by atoms with E-state index in [-0.39, 0.29) is 5.75 Å². The lowest BCUT2D eigenvalue weighted by atomic mass is 9.80. The predicted molar refractivity (Wildman–Crippen MR) is 125 cm³/mol. The zero-order chi connectivity index (χ0) is 21.3. The SMILES string of the molecule is CCCCCCCN1CC[C@@H](CCC(O)c2ccnc3ccc(O)cc23)[C@@H](CC)C1. The summed E-state index contributed by atoms with van der Waals surface area (Å²) in [4.78, 5) is 7.03. The first kappa shape index (κ1) is 23.0. The lowest BCUT2D eigenvalue weighted by Gasteiger charge is -2.39. The second-order valence-electron chi connectivity index (χ2n) is 9.13. The minimum atomic E-state index is -0.508. The standard InChI is InChI=1S/C26H40N2O2/c1-3-5-6-7-8-16-28-17-14-21(20(4-2)19-28)9-12-26(30)23-13-15-27-25-11-10-22(29)18-24(23)25/h10-11,13,15,18,20-21,26,29-30H,3-9,12,14,16-17,19H2,1-2H3/t20-,21+,26?/m0/s1. The number of rotatable bonds is 11. The molecule has 2 aromatic rings. The minimum Gasteiger partial charge on any atom is -0.508 e. The molecule has 1 fully saturated rings. The summed E-state index contributed by atoms with van der Waals surface area (Å²) in [6.07, 6.45) is 12.3. The molecule has 3 rings (SSSR count). The highest BCUT2D eigenvalue weighted by molar-refractivity contribution is 5.83. The fourth-order valence-corrected chi connectivity index (χ4v) is 5.11. The van der Waals surface area contributed by atoms with E-state index in [1.165, 1.54) is 64.6 Å². The molecule has 166 valence electrons. The number of unbranched alkanes of at least 4 members (excludes halogenated alkanes) is 4. The number of benzene rings is 1. The van der Waals surface area contributed by atoms with Crippen LogP contribution in [0.4, 0.5) is 0 Å². The highest BCUT2D eigenvalue weighted by Crippen LogP contribution is 2.34. The molecule has 1 aromatic heterocycles. The fraction of sp³-hybridized carbons (Fsp3) is 0.654. The van der Waals surface area contributed by atoms with Gasteiger partial charge in [0, 0.05) is 18.1 Å². The van der Waals surface area contributed by atoms with Gasteiger partial charge in [0.15, 0.2) is 0 Å². The number of aromatic hydroxyl groups is 1. The van der Waals surface area contributed by atoms with Crippen LogP contribution in [0.5, 0.6) is 5.75 Å². The quantitative estimate of drug-likeness (QED) is 0.440. The molecular weight excluding hydrogens is 372 g/mol. The molecule has 0 amide bonds. The lowest BCUT2D eigenvalue weighted by Crippen LogP contribution is -2.40. The third-order valence-electron chi connectivity index (χ3n) is 7.01. The Morgan fingerprint density at radius 2 is 1.93 bits per heavy atom. The van der Waals surface area contributed by atoms with Crippen molar-refractivity contribution >= 4 is 10.9 Å². The van der Waals surface area contributed by atoms with Crippen molar-refractivity contribution in [3.63, 3.8) is 0 Å². The van der Waals surface area contributed by atoms with E-state index < -0.39 is 6.10 Å². The summed E-state index contributed by atoms with van der Waals surface area (Å²) in [6.45, 7) is 8.27. The Labute approximate surface area is 182 Å². The first-order chi connectivity index (χ1) is 14.6. The van der Waals surface area contributed by atoms with E-state index >= 15 is 0 Å². The third-order valence-corrected chi connectivity index (χ3v) is 7.01. The van der Waals surface area contributed by atoms with Crippen LogP contribution in [0.3, 0.4) is 0 Å². The van der Waals surface area contributed by atoms with Crippen molar-refractivity contribution in [2.75, 3.05) is 19.6 Å². The van der Waals surface area contributed by atoms with Gasteiger partial charge in [0.2, 0.25) is 0 Å². The van der Waals surface area contributed by atoms with Gasteiger partial charge in [-0.1, -0.05) is 46.0 Å². The minimum absolute atomic E-state index is 0.220. The van der Waals surface area contributed by atoms with Crippen molar-refractivity contribution in [1.29, 1.82) is 0 Å². The monoisotopic (exact) mass is 412 g/mol. The first-order valence-electron chi connectivity index (χ1n) is 12.1. The summed E-state index contributed by atoms with van der Waals surface area (Å²) >= 11 is 0. The molecule has 0 aliphatic carbocycles. The Hall–Kier alpha value is -1.65. The molecule has 1 aromatic carbocycles. The second-order valence-corrected chi connectivity index (χ2v) is 9.13. The maximum atomic E-state index is 10.9. The van der Waals surface area contributed by atoms with Crippen molar-refractivity contribution in [3.05, 3.63) is 36.0 Å². The van der Waals surface area contributed by atoms with Crippen LogP contribution in [0.25, 0.3) is 10.9 Å². The van der Waals surface area contributed by atoms with Crippen molar-refractivity contribution < 1.29 is 10.2 Å². The number of aromatic nitrogens is 1. The molecule has 4 nitrogen and oxygen atoms in total. The molecule has 2 N–H and O–H groups in total. The third kappa shape index (κ3) is 6.18.